The van der Waals surface area contributed by atoms with Gasteiger partial charge in [-0.05, 0) is 37.6 Å². The molecule has 0 spiro atoms. The van der Waals surface area contributed by atoms with Crippen molar-refractivity contribution in [2.75, 3.05) is 20.4 Å². The molecule has 5 heteroatoms. The van der Waals surface area contributed by atoms with Crippen LogP contribution in [0.2, 0.25) is 0 Å². The van der Waals surface area contributed by atoms with E-state index in [4.69, 9.17) is 9.47 Å². The Labute approximate surface area is 111 Å². The highest BCUT2D eigenvalue weighted by molar-refractivity contribution is 5.78. The van der Waals surface area contributed by atoms with Crippen LogP contribution >= 0.6 is 0 Å². The molecule has 1 fully saturated rings. The predicted octanol–water partition coefficient (Wildman–Crippen LogP) is 1.71. The van der Waals surface area contributed by atoms with E-state index in [1.807, 2.05) is 25.2 Å². The summed E-state index contributed by atoms with van der Waals surface area (Å²) in [7, 11) is 1.95. The van der Waals surface area contributed by atoms with Crippen molar-refractivity contribution in [1.29, 1.82) is 0 Å². The molecule has 1 saturated carbocycles. The third-order valence-electron chi connectivity index (χ3n) is 3.77. The maximum absolute atomic E-state index is 11.2. The van der Waals surface area contributed by atoms with Gasteiger partial charge in [-0.15, -0.1) is 0 Å². The highest BCUT2D eigenvalue weighted by Crippen LogP contribution is 2.46. The molecule has 1 heterocycles. The number of rotatable bonds is 5. The molecule has 1 aliphatic heterocycles. The number of ether oxygens (including phenoxy) is 2. The molecule has 2 aliphatic rings. The van der Waals surface area contributed by atoms with E-state index in [2.05, 4.69) is 4.90 Å². The molecule has 1 aromatic rings. The summed E-state index contributed by atoms with van der Waals surface area (Å²) in [6.07, 6.45) is 1.57. The number of hydrogen-bond acceptors (Lipinski definition) is 4. The second-order valence-corrected chi connectivity index (χ2v) is 5.45. The molecule has 5 nitrogen and oxygen atoms in total. The minimum atomic E-state index is -0.676. The Kier molecular flexibility index (Phi) is 2.86. The second kappa shape index (κ2) is 4.42. The van der Waals surface area contributed by atoms with Crippen molar-refractivity contribution in [3.8, 4) is 11.5 Å². The van der Waals surface area contributed by atoms with Crippen molar-refractivity contribution in [3.63, 3.8) is 0 Å². The van der Waals surface area contributed by atoms with Crippen LogP contribution in [0.1, 0.15) is 18.4 Å². The van der Waals surface area contributed by atoms with Crippen molar-refractivity contribution in [2.45, 2.75) is 19.4 Å². The predicted molar refractivity (Wildman–Crippen MR) is 68.2 cm³/mol. The highest BCUT2D eigenvalue weighted by Gasteiger charge is 2.50. The third kappa shape index (κ3) is 2.38. The Hall–Kier alpha value is -1.75. The zero-order valence-corrected chi connectivity index (χ0v) is 10.9. The molecule has 1 N–H and O–H groups in total. The monoisotopic (exact) mass is 263 g/mol. The molecule has 0 bridgehead atoms. The van der Waals surface area contributed by atoms with E-state index in [9.17, 15) is 9.90 Å². The second-order valence-electron chi connectivity index (χ2n) is 5.45. The number of aliphatic carboxylic acids is 1. The Bertz CT molecular complexity index is 510. The summed E-state index contributed by atoms with van der Waals surface area (Å²) < 4.78 is 10.6. The van der Waals surface area contributed by atoms with Gasteiger partial charge in [-0.3, -0.25) is 4.79 Å². The quantitative estimate of drug-likeness (QED) is 0.876. The maximum atomic E-state index is 11.2. The van der Waals surface area contributed by atoms with E-state index < -0.39 is 11.4 Å². The number of carboxylic acid groups (broad SMARTS) is 1. The molecule has 3 rings (SSSR count). The zero-order valence-electron chi connectivity index (χ0n) is 10.9. The molecule has 1 aromatic carbocycles. The van der Waals surface area contributed by atoms with Crippen LogP contribution in [-0.2, 0) is 11.3 Å². The number of nitrogens with zero attached hydrogens (tertiary/aromatic N) is 1. The molecule has 0 saturated heterocycles. The molecular weight excluding hydrogens is 246 g/mol. The number of hydrogen-bond donors (Lipinski definition) is 1. The van der Waals surface area contributed by atoms with Gasteiger partial charge in [-0.25, -0.2) is 0 Å². The Morgan fingerprint density at radius 3 is 2.79 bits per heavy atom. The lowest BCUT2D eigenvalue weighted by atomic mass is 10.1. The molecule has 1 aliphatic carbocycles. The summed E-state index contributed by atoms with van der Waals surface area (Å²) in [6, 6.07) is 5.85. The summed E-state index contributed by atoms with van der Waals surface area (Å²) >= 11 is 0. The number of carbonyl (C=O) groups is 1. The van der Waals surface area contributed by atoms with E-state index >= 15 is 0 Å². The Balaban J connectivity index is 1.63. The molecule has 19 heavy (non-hydrogen) atoms. The number of carboxylic acids is 1. The first-order chi connectivity index (χ1) is 9.09. The SMILES string of the molecule is CN(Cc1ccc2c(c1)OCO2)CC1(C(=O)O)CC1. The van der Waals surface area contributed by atoms with Crippen LogP contribution in [0.3, 0.4) is 0 Å². The van der Waals surface area contributed by atoms with Gasteiger partial charge in [0.15, 0.2) is 11.5 Å². The van der Waals surface area contributed by atoms with Gasteiger partial charge < -0.3 is 19.5 Å². The summed E-state index contributed by atoms with van der Waals surface area (Å²) in [5, 5.41) is 9.18. The first-order valence-electron chi connectivity index (χ1n) is 6.40. The lowest BCUT2D eigenvalue weighted by Crippen LogP contribution is -2.31. The van der Waals surface area contributed by atoms with Gasteiger partial charge >= 0.3 is 5.97 Å². The molecule has 0 aromatic heterocycles. The van der Waals surface area contributed by atoms with Gasteiger partial charge in [-0.1, -0.05) is 6.07 Å². The summed E-state index contributed by atoms with van der Waals surface area (Å²) in [6.45, 7) is 1.58. The molecule has 102 valence electrons. The van der Waals surface area contributed by atoms with Crippen molar-refractivity contribution in [2.24, 2.45) is 5.41 Å². The van der Waals surface area contributed by atoms with Crippen molar-refractivity contribution in [3.05, 3.63) is 23.8 Å². The average Bonchev–Trinajstić information content (AvgIpc) is 2.99. The van der Waals surface area contributed by atoms with Crippen molar-refractivity contribution >= 4 is 5.97 Å². The smallest absolute Gasteiger partial charge is 0.310 e. The fourth-order valence-corrected chi connectivity index (χ4v) is 2.51. The normalized spacial score (nSPS) is 18.6. The van der Waals surface area contributed by atoms with Gasteiger partial charge in [0.05, 0.1) is 5.41 Å². The lowest BCUT2D eigenvalue weighted by Gasteiger charge is -2.21. The van der Waals surface area contributed by atoms with Gasteiger partial charge in [0.1, 0.15) is 0 Å². The maximum Gasteiger partial charge on any atom is 0.310 e. The van der Waals surface area contributed by atoms with Crippen molar-refractivity contribution in [1.82, 2.24) is 4.90 Å². The van der Waals surface area contributed by atoms with Crippen LogP contribution in [0, 0.1) is 5.41 Å². The average molecular weight is 263 g/mol. The van der Waals surface area contributed by atoms with E-state index in [0.717, 1.165) is 29.9 Å². The topological polar surface area (TPSA) is 59.0 Å². The van der Waals surface area contributed by atoms with Gasteiger partial charge in [0.2, 0.25) is 6.79 Å². The van der Waals surface area contributed by atoms with Crippen LogP contribution in [-0.4, -0.2) is 36.4 Å². The van der Waals surface area contributed by atoms with Crippen LogP contribution in [0.5, 0.6) is 11.5 Å². The van der Waals surface area contributed by atoms with Crippen LogP contribution < -0.4 is 9.47 Å². The van der Waals surface area contributed by atoms with Crippen LogP contribution in [0.25, 0.3) is 0 Å². The standard InChI is InChI=1S/C14H17NO4/c1-15(8-14(4-5-14)13(16)17)7-10-2-3-11-12(6-10)19-9-18-11/h2-3,6H,4-5,7-9H2,1H3,(H,16,17). The van der Waals surface area contributed by atoms with E-state index in [-0.39, 0.29) is 6.79 Å². The summed E-state index contributed by atoms with van der Waals surface area (Å²) in [5.41, 5.74) is 0.596. The number of benzene rings is 1. The first kappa shape index (κ1) is 12.3. The van der Waals surface area contributed by atoms with Gasteiger partial charge in [0, 0.05) is 13.1 Å². The van der Waals surface area contributed by atoms with Crippen LogP contribution in [0.4, 0.5) is 0 Å². The van der Waals surface area contributed by atoms with Crippen LogP contribution in [0.15, 0.2) is 18.2 Å². The zero-order chi connectivity index (χ0) is 13.5. The van der Waals surface area contributed by atoms with Gasteiger partial charge in [-0.2, -0.15) is 0 Å². The lowest BCUT2D eigenvalue weighted by molar-refractivity contribution is -0.144. The summed E-state index contributed by atoms with van der Waals surface area (Å²) in [5.74, 6) is 0.867. The Morgan fingerprint density at radius 2 is 2.11 bits per heavy atom. The largest absolute Gasteiger partial charge is 0.481 e. The van der Waals surface area contributed by atoms with Gasteiger partial charge in [0.25, 0.3) is 0 Å². The fraction of sp³-hybridized carbons (Fsp3) is 0.500. The first-order valence-corrected chi connectivity index (χ1v) is 6.40. The Morgan fingerprint density at radius 1 is 1.37 bits per heavy atom. The summed E-state index contributed by atoms with van der Waals surface area (Å²) in [4.78, 5) is 13.2. The minimum Gasteiger partial charge on any atom is -0.481 e. The molecule has 0 radical (unpaired) electrons. The molecule has 0 amide bonds. The molecule has 0 unspecified atom stereocenters. The third-order valence-corrected chi connectivity index (χ3v) is 3.77. The molecule has 0 atom stereocenters. The molecular formula is C14H17NO4. The van der Waals surface area contributed by atoms with E-state index in [1.54, 1.807) is 0 Å². The number of fused-ring (bicyclic) bond motifs is 1. The van der Waals surface area contributed by atoms with E-state index in [0.29, 0.717) is 13.1 Å². The van der Waals surface area contributed by atoms with E-state index in [1.165, 1.54) is 0 Å². The highest BCUT2D eigenvalue weighted by atomic mass is 16.7. The van der Waals surface area contributed by atoms with Crippen molar-refractivity contribution < 1.29 is 19.4 Å². The minimum absolute atomic E-state index is 0.275. The fourth-order valence-electron chi connectivity index (χ4n) is 2.51.